The number of methoxy groups -OCH3 is 1. The van der Waals surface area contributed by atoms with E-state index < -0.39 is 21.4 Å². The summed E-state index contributed by atoms with van der Waals surface area (Å²) in [7, 11) is -2.47. The molecule has 37 heavy (non-hydrogen) atoms. The average molecular weight is 523 g/mol. The third-order valence-electron chi connectivity index (χ3n) is 6.88. The Morgan fingerprint density at radius 3 is 2.27 bits per heavy atom. The summed E-state index contributed by atoms with van der Waals surface area (Å²) in [6, 6.07) is 19.0. The second kappa shape index (κ2) is 11.6. The number of sulfonamides is 1. The van der Waals surface area contributed by atoms with E-state index >= 15 is 0 Å². The largest absolute Gasteiger partial charge is 0.469 e. The Kier molecular flexibility index (Phi) is 8.26. The first-order chi connectivity index (χ1) is 17.9. The molecule has 4 rings (SSSR count). The maximum absolute atomic E-state index is 13.5. The van der Waals surface area contributed by atoms with Crippen LogP contribution in [-0.2, 0) is 19.6 Å². The van der Waals surface area contributed by atoms with Gasteiger partial charge in [-0.05, 0) is 42.5 Å². The van der Waals surface area contributed by atoms with Crippen molar-refractivity contribution in [1.29, 1.82) is 5.26 Å². The number of amidine groups is 1. The fourth-order valence-corrected chi connectivity index (χ4v) is 6.76. The summed E-state index contributed by atoms with van der Waals surface area (Å²) in [6.45, 7) is 1.20. The Bertz CT molecular complexity index is 1300. The van der Waals surface area contributed by atoms with Crippen molar-refractivity contribution in [3.8, 4) is 11.9 Å². The molecule has 0 unspecified atom stereocenters. The monoisotopic (exact) mass is 522 g/mol. The molecule has 0 aromatic heterocycles. The Morgan fingerprint density at radius 2 is 1.70 bits per heavy atom. The molecule has 2 aliphatic rings. The molecule has 2 aromatic carbocycles. The molecule has 194 valence electrons. The highest BCUT2D eigenvalue weighted by Crippen LogP contribution is 2.36. The lowest BCUT2D eigenvalue weighted by atomic mass is 9.80. The van der Waals surface area contributed by atoms with Crippen molar-refractivity contribution in [2.45, 2.75) is 19.3 Å². The van der Waals surface area contributed by atoms with Gasteiger partial charge in [0.25, 0.3) is 0 Å². The summed E-state index contributed by atoms with van der Waals surface area (Å²) in [6.07, 6.45) is 4.75. The molecule has 2 heterocycles. The van der Waals surface area contributed by atoms with E-state index in [1.54, 1.807) is 35.4 Å². The van der Waals surface area contributed by atoms with Crippen LogP contribution in [0.5, 0.6) is 5.75 Å². The maximum Gasteiger partial charge on any atom is 0.313 e. The first-order valence-electron chi connectivity index (χ1n) is 12.1. The summed E-state index contributed by atoms with van der Waals surface area (Å²) in [5, 5.41) is 9.15. The number of nitrogens with zero attached hydrogens (tertiary/aromatic N) is 4. The van der Waals surface area contributed by atoms with Gasteiger partial charge in [-0.1, -0.05) is 54.6 Å². The third-order valence-corrected chi connectivity index (χ3v) is 8.91. The fraction of sp³-hybridized carbons (Fsp3) is 0.370. The zero-order valence-corrected chi connectivity index (χ0v) is 21.6. The first kappa shape index (κ1) is 26.4. The Balaban J connectivity index is 1.46. The van der Waals surface area contributed by atoms with Gasteiger partial charge in [-0.25, -0.2) is 8.42 Å². The van der Waals surface area contributed by atoms with Crippen molar-refractivity contribution in [2.75, 3.05) is 39.0 Å². The minimum atomic E-state index is -3.74. The lowest BCUT2D eigenvalue weighted by Gasteiger charge is -2.40. The van der Waals surface area contributed by atoms with Crippen LogP contribution in [0.4, 0.5) is 0 Å². The SMILES string of the molecule is COC(=O)C1(CS(=O)(=O)N2CC=C(c3ccccc3)CC2)CCN(/C(=N/C#N)Oc2ccccc2)CC1. The minimum Gasteiger partial charge on any atom is -0.469 e. The topological polar surface area (TPSA) is 112 Å². The van der Waals surface area contributed by atoms with Crippen LogP contribution in [0.2, 0.25) is 0 Å². The van der Waals surface area contributed by atoms with Gasteiger partial charge in [0.2, 0.25) is 16.2 Å². The molecule has 9 nitrogen and oxygen atoms in total. The van der Waals surface area contributed by atoms with Gasteiger partial charge in [-0.3, -0.25) is 4.79 Å². The summed E-state index contributed by atoms with van der Waals surface area (Å²) in [5.41, 5.74) is 1.01. The van der Waals surface area contributed by atoms with E-state index in [1.165, 1.54) is 11.4 Å². The fourth-order valence-electron chi connectivity index (χ4n) is 4.80. The van der Waals surface area contributed by atoms with E-state index in [4.69, 9.17) is 14.7 Å². The highest BCUT2D eigenvalue weighted by molar-refractivity contribution is 7.89. The molecule has 2 aliphatic heterocycles. The molecule has 2 aromatic rings. The van der Waals surface area contributed by atoms with Gasteiger partial charge >= 0.3 is 12.0 Å². The summed E-state index contributed by atoms with van der Waals surface area (Å²) >= 11 is 0. The van der Waals surface area contributed by atoms with Gasteiger partial charge < -0.3 is 14.4 Å². The van der Waals surface area contributed by atoms with Crippen molar-refractivity contribution in [3.05, 3.63) is 72.3 Å². The van der Waals surface area contributed by atoms with Crippen LogP contribution in [0.1, 0.15) is 24.8 Å². The van der Waals surface area contributed by atoms with Crippen molar-refractivity contribution >= 4 is 27.6 Å². The molecular weight excluding hydrogens is 492 g/mol. The molecule has 0 amide bonds. The lowest BCUT2D eigenvalue weighted by molar-refractivity contribution is -0.153. The standard InChI is InChI=1S/C27H30N4O5S/c1-35-25(32)27(14-18-30(19-15-27)26(29-21-28)36-24-10-6-3-7-11-24)20-37(33,34)31-16-12-23(13-17-31)22-8-4-2-5-9-22/h2-12H,13-20H2,1H3/b29-26-. The predicted octanol–water partition coefficient (Wildman–Crippen LogP) is 3.28. The molecule has 0 saturated carbocycles. The van der Waals surface area contributed by atoms with Crippen molar-refractivity contribution < 1.29 is 22.7 Å². The molecule has 0 spiro atoms. The molecule has 0 N–H and O–H groups in total. The zero-order valence-electron chi connectivity index (χ0n) is 20.7. The van der Waals surface area contributed by atoms with Gasteiger partial charge in [0.15, 0.2) is 0 Å². The number of hydrogen-bond donors (Lipinski definition) is 0. The number of carbonyl (C=O) groups excluding carboxylic acids is 1. The molecule has 0 bridgehead atoms. The van der Waals surface area contributed by atoms with Gasteiger partial charge in [-0.2, -0.15) is 9.57 Å². The molecule has 10 heteroatoms. The number of likely N-dealkylation sites (tertiary alicyclic amines) is 1. The molecule has 0 radical (unpaired) electrons. The second-order valence-electron chi connectivity index (χ2n) is 9.13. The van der Waals surface area contributed by atoms with Gasteiger partial charge in [0, 0.05) is 26.2 Å². The van der Waals surface area contributed by atoms with E-state index in [-0.39, 0.29) is 44.3 Å². The van der Waals surface area contributed by atoms with E-state index in [0.717, 1.165) is 11.1 Å². The Labute approximate surface area is 217 Å². The van der Waals surface area contributed by atoms with E-state index in [1.807, 2.05) is 42.5 Å². The van der Waals surface area contributed by atoms with Crippen molar-refractivity contribution in [3.63, 3.8) is 0 Å². The predicted molar refractivity (Wildman–Crippen MR) is 140 cm³/mol. The number of rotatable bonds is 6. The van der Waals surface area contributed by atoms with E-state index in [2.05, 4.69) is 4.99 Å². The van der Waals surface area contributed by atoms with Crippen LogP contribution in [0, 0.1) is 16.9 Å². The Hall–Kier alpha value is -3.68. The number of aliphatic imine (C=N–C) groups is 1. The van der Waals surface area contributed by atoms with E-state index in [9.17, 15) is 13.2 Å². The molecule has 0 aliphatic carbocycles. The minimum absolute atomic E-state index is 0.115. The van der Waals surface area contributed by atoms with Crippen LogP contribution < -0.4 is 4.74 Å². The molecular formula is C27H30N4O5S. The number of esters is 1. The van der Waals surface area contributed by atoms with Crippen LogP contribution in [0.3, 0.4) is 0 Å². The second-order valence-corrected chi connectivity index (χ2v) is 11.1. The number of ether oxygens (including phenoxy) is 2. The van der Waals surface area contributed by atoms with E-state index in [0.29, 0.717) is 18.7 Å². The van der Waals surface area contributed by atoms with Crippen molar-refractivity contribution in [1.82, 2.24) is 9.21 Å². The summed E-state index contributed by atoms with van der Waals surface area (Å²) in [5.74, 6) is -0.354. The molecule has 1 saturated heterocycles. The highest BCUT2D eigenvalue weighted by Gasteiger charge is 2.48. The normalized spacial score (nSPS) is 18.4. The first-order valence-corrected chi connectivity index (χ1v) is 13.7. The van der Waals surface area contributed by atoms with Crippen molar-refractivity contribution in [2.24, 2.45) is 10.4 Å². The number of piperidine rings is 1. The maximum atomic E-state index is 13.5. The van der Waals surface area contributed by atoms with Crippen LogP contribution in [0.15, 0.2) is 71.7 Å². The smallest absolute Gasteiger partial charge is 0.313 e. The van der Waals surface area contributed by atoms with Gasteiger partial charge in [0.1, 0.15) is 5.75 Å². The number of para-hydroxylation sites is 1. The average Bonchev–Trinajstić information content (AvgIpc) is 2.93. The van der Waals surface area contributed by atoms with Gasteiger partial charge in [0.05, 0.1) is 18.3 Å². The number of carbonyl (C=O) groups is 1. The zero-order chi connectivity index (χ0) is 26.3. The van der Waals surface area contributed by atoms with Gasteiger partial charge in [-0.15, -0.1) is 4.99 Å². The highest BCUT2D eigenvalue weighted by atomic mass is 32.2. The summed E-state index contributed by atoms with van der Waals surface area (Å²) < 4.78 is 39.2. The third kappa shape index (κ3) is 6.18. The number of nitriles is 1. The Morgan fingerprint density at radius 1 is 1.05 bits per heavy atom. The van der Waals surface area contributed by atoms with Crippen LogP contribution >= 0.6 is 0 Å². The lowest BCUT2D eigenvalue weighted by Crippen LogP contribution is -2.52. The van der Waals surface area contributed by atoms with Crippen LogP contribution in [-0.4, -0.2) is 68.7 Å². The number of hydrogen-bond acceptors (Lipinski definition) is 7. The molecule has 0 atom stereocenters. The quantitative estimate of drug-likeness (QED) is 0.248. The number of benzene rings is 2. The summed E-state index contributed by atoms with van der Waals surface area (Å²) in [4.78, 5) is 18.5. The molecule has 1 fully saturated rings. The van der Waals surface area contributed by atoms with Crippen LogP contribution in [0.25, 0.3) is 5.57 Å².